The van der Waals surface area contributed by atoms with Gasteiger partial charge in [0.1, 0.15) is 41.9 Å². The number of aromatic nitrogens is 4. The highest BCUT2D eigenvalue weighted by molar-refractivity contribution is 7.53. The van der Waals surface area contributed by atoms with E-state index in [0.717, 1.165) is 11.2 Å². The van der Waals surface area contributed by atoms with Crippen LogP contribution >= 0.6 is 7.60 Å². The fourth-order valence-electron chi connectivity index (χ4n) is 7.18. The average Bonchev–Trinajstić information content (AvgIpc) is 3.65. The summed E-state index contributed by atoms with van der Waals surface area (Å²) < 4.78 is 58.9. The number of aryl methyl sites for hydroxylation is 2. The first-order valence-corrected chi connectivity index (χ1v) is 18.4. The molecule has 0 amide bonds. The minimum Gasteiger partial charge on any atom is -0.366 e. The molecule has 0 saturated carbocycles. The van der Waals surface area contributed by atoms with E-state index in [2.05, 4.69) is 30.0 Å². The Balaban J connectivity index is 1.11. The van der Waals surface area contributed by atoms with E-state index in [0.29, 0.717) is 31.2 Å². The van der Waals surface area contributed by atoms with E-state index in [9.17, 15) is 4.57 Å². The predicted octanol–water partition coefficient (Wildman–Crippen LogP) is 5.90. The van der Waals surface area contributed by atoms with Crippen molar-refractivity contribution >= 4 is 24.4 Å². The van der Waals surface area contributed by atoms with Gasteiger partial charge in [0.15, 0.2) is 17.7 Å². The fourth-order valence-corrected chi connectivity index (χ4v) is 9.32. The zero-order valence-electron chi connectivity index (χ0n) is 29.6. The van der Waals surface area contributed by atoms with Crippen LogP contribution in [0.1, 0.15) is 84.1 Å². The summed E-state index contributed by atoms with van der Waals surface area (Å²) in [6.45, 7) is 20.8. The van der Waals surface area contributed by atoms with Gasteiger partial charge >= 0.3 is 7.60 Å². The maximum absolute atomic E-state index is 13.7. The van der Waals surface area contributed by atoms with Crippen LogP contribution < -0.4 is 4.90 Å². The van der Waals surface area contributed by atoms with E-state index in [4.69, 9.17) is 47.8 Å². The number of ether oxygens (including phenoxy) is 5. The van der Waals surface area contributed by atoms with Gasteiger partial charge in [-0.05, 0) is 80.4 Å². The number of nitrogens with zero attached hydrogens (tertiary/aromatic N) is 5. The monoisotopic (exact) mass is 685 g/mol. The zero-order valence-corrected chi connectivity index (χ0v) is 30.5. The highest BCUT2D eigenvalue weighted by Gasteiger charge is 2.57. The van der Waals surface area contributed by atoms with Gasteiger partial charge in [0.05, 0.1) is 49.1 Å². The molecule has 1 spiro atoms. The standard InChI is InChI=1S/C34H48N5O8P/c1-20-11-12-24-22(13-20)15-42-34(24)17-38(18-34)28-23-14-35-39(29(23)37-21(2)36-28)30-27-26(44-33(9,10)45-27)25(43-30)16-41-19-48(40,46-31(3,4)5)47-32(6,7)8/h11-14,25-27,30H,15-19H2,1-10H3/t25-,26-,27-,30-/m1/s1. The zero-order chi connectivity index (χ0) is 34.4. The van der Waals surface area contributed by atoms with Gasteiger partial charge in [-0.15, -0.1) is 0 Å². The number of anilines is 1. The van der Waals surface area contributed by atoms with Crippen LogP contribution in [0.15, 0.2) is 24.4 Å². The molecule has 4 aliphatic heterocycles. The maximum Gasteiger partial charge on any atom is 0.357 e. The molecule has 1 aromatic carbocycles. The number of benzene rings is 1. The van der Waals surface area contributed by atoms with Crippen LogP contribution in [0.5, 0.6) is 0 Å². The molecule has 14 heteroatoms. The van der Waals surface area contributed by atoms with Crippen molar-refractivity contribution in [1.29, 1.82) is 0 Å². The van der Waals surface area contributed by atoms with Crippen molar-refractivity contribution in [3.05, 3.63) is 46.9 Å². The summed E-state index contributed by atoms with van der Waals surface area (Å²) in [5.74, 6) is 0.581. The topological polar surface area (TPSA) is 129 Å². The predicted molar refractivity (Wildman–Crippen MR) is 178 cm³/mol. The number of hydrogen-bond donors (Lipinski definition) is 0. The van der Waals surface area contributed by atoms with Crippen molar-refractivity contribution in [3.63, 3.8) is 0 Å². The molecule has 0 bridgehead atoms. The van der Waals surface area contributed by atoms with Gasteiger partial charge < -0.3 is 37.6 Å². The summed E-state index contributed by atoms with van der Waals surface area (Å²) in [5, 5.41) is 5.58. The van der Waals surface area contributed by atoms with Gasteiger partial charge in [0.2, 0.25) is 0 Å². The number of hydrogen-bond acceptors (Lipinski definition) is 12. The summed E-state index contributed by atoms with van der Waals surface area (Å²) in [6.07, 6.45) is -0.590. The second-order valence-electron chi connectivity index (χ2n) is 15.9. The van der Waals surface area contributed by atoms with Crippen molar-refractivity contribution in [3.8, 4) is 0 Å². The highest BCUT2D eigenvalue weighted by atomic mass is 31.2. The van der Waals surface area contributed by atoms with Crippen LogP contribution in [0, 0.1) is 13.8 Å². The average molecular weight is 686 g/mol. The molecule has 3 fully saturated rings. The second-order valence-corrected chi connectivity index (χ2v) is 17.7. The van der Waals surface area contributed by atoms with Crippen molar-refractivity contribution in [2.45, 2.75) is 123 Å². The van der Waals surface area contributed by atoms with Gasteiger partial charge in [0, 0.05) is 0 Å². The Labute approximate surface area is 282 Å². The van der Waals surface area contributed by atoms with Gasteiger partial charge in [0.25, 0.3) is 0 Å². The fraction of sp³-hybridized carbons (Fsp3) is 0.676. The van der Waals surface area contributed by atoms with Crippen LogP contribution in [-0.2, 0) is 49.5 Å². The molecule has 3 aromatic rings. The van der Waals surface area contributed by atoms with Crippen LogP contribution in [0.25, 0.3) is 11.0 Å². The molecular weight excluding hydrogens is 637 g/mol. The Bertz CT molecular complexity index is 1740. The van der Waals surface area contributed by atoms with Crippen LogP contribution in [-0.4, -0.2) is 81.1 Å². The van der Waals surface area contributed by atoms with E-state index in [1.54, 1.807) is 10.9 Å². The lowest BCUT2D eigenvalue weighted by Gasteiger charge is -2.48. The Morgan fingerprint density at radius 3 is 2.38 bits per heavy atom. The van der Waals surface area contributed by atoms with E-state index in [1.165, 1.54) is 16.7 Å². The lowest BCUT2D eigenvalue weighted by molar-refractivity contribution is -0.202. The van der Waals surface area contributed by atoms with Gasteiger partial charge in [-0.25, -0.2) is 14.6 Å². The van der Waals surface area contributed by atoms with Gasteiger partial charge in [-0.3, -0.25) is 4.57 Å². The molecule has 48 heavy (non-hydrogen) atoms. The van der Waals surface area contributed by atoms with E-state index >= 15 is 0 Å². The van der Waals surface area contributed by atoms with E-state index < -0.39 is 49.1 Å². The maximum atomic E-state index is 13.7. The molecule has 6 heterocycles. The third-order valence-electron chi connectivity index (χ3n) is 8.72. The van der Waals surface area contributed by atoms with Crippen LogP contribution in [0.3, 0.4) is 0 Å². The summed E-state index contributed by atoms with van der Waals surface area (Å²) in [5.41, 5.74) is 2.67. The third-order valence-corrected chi connectivity index (χ3v) is 10.9. The Kier molecular flexibility index (Phi) is 8.16. The van der Waals surface area contributed by atoms with E-state index in [-0.39, 0.29) is 18.6 Å². The smallest absolute Gasteiger partial charge is 0.357 e. The molecule has 4 aliphatic rings. The first-order chi connectivity index (χ1) is 22.3. The third kappa shape index (κ3) is 6.44. The molecule has 4 atom stereocenters. The van der Waals surface area contributed by atoms with Crippen LogP contribution in [0.2, 0.25) is 0 Å². The summed E-state index contributed by atoms with van der Waals surface area (Å²) >= 11 is 0. The van der Waals surface area contributed by atoms with Crippen molar-refractivity contribution in [1.82, 2.24) is 19.7 Å². The minimum absolute atomic E-state index is 0.0808. The van der Waals surface area contributed by atoms with Crippen LogP contribution in [0.4, 0.5) is 5.82 Å². The quantitative estimate of drug-likeness (QED) is 0.262. The summed E-state index contributed by atoms with van der Waals surface area (Å²) in [7, 11) is -3.62. The Morgan fingerprint density at radius 2 is 1.69 bits per heavy atom. The Morgan fingerprint density at radius 1 is 1.00 bits per heavy atom. The molecular formula is C34H48N5O8P. The van der Waals surface area contributed by atoms with E-state index in [1.807, 2.05) is 62.3 Å². The first kappa shape index (κ1) is 34.0. The lowest BCUT2D eigenvalue weighted by atomic mass is 9.84. The molecule has 3 saturated heterocycles. The SMILES string of the molecule is Cc1ccc2c(c1)COC21CN(c2nc(C)nc3c2cnn3[C@@H]2O[C@H](COCP(=O)(OC(C)(C)C)OC(C)(C)C)[C@H]3OC(C)(C)O[C@H]32)C1. The molecule has 0 radical (unpaired) electrons. The molecule has 13 nitrogen and oxygen atoms in total. The van der Waals surface area contributed by atoms with Crippen molar-refractivity contribution in [2.24, 2.45) is 0 Å². The normalized spacial score (nSPS) is 26.3. The largest absolute Gasteiger partial charge is 0.366 e. The molecule has 262 valence electrons. The van der Waals surface area contributed by atoms with Crippen molar-refractivity contribution in [2.75, 3.05) is 30.9 Å². The first-order valence-electron chi connectivity index (χ1n) is 16.6. The molecule has 0 aliphatic carbocycles. The highest BCUT2D eigenvalue weighted by Crippen LogP contribution is 2.55. The molecule has 7 rings (SSSR count). The van der Waals surface area contributed by atoms with Gasteiger partial charge in [-0.1, -0.05) is 23.8 Å². The molecule has 0 unspecified atom stereocenters. The molecule has 2 aromatic heterocycles. The number of rotatable bonds is 8. The molecule has 0 N–H and O–H groups in total. The lowest BCUT2D eigenvalue weighted by Crippen LogP contribution is -2.59. The van der Waals surface area contributed by atoms with Crippen molar-refractivity contribution < 1.29 is 37.3 Å². The Hall–Kier alpha value is -2.48. The summed E-state index contributed by atoms with van der Waals surface area (Å²) in [4.78, 5) is 11.9. The minimum atomic E-state index is -3.62. The second kappa shape index (κ2) is 11.5. The van der Waals surface area contributed by atoms with Gasteiger partial charge in [-0.2, -0.15) is 5.10 Å². The number of fused-ring (bicyclic) bond motifs is 4. The summed E-state index contributed by atoms with van der Waals surface area (Å²) in [6, 6.07) is 6.56.